The zero-order chi connectivity index (χ0) is 20.4. The Balaban J connectivity index is 3.68. The summed E-state index contributed by atoms with van der Waals surface area (Å²) in [5, 5.41) is 11.7. The van der Waals surface area contributed by atoms with E-state index in [0.717, 1.165) is 32.5 Å². The Kier molecular flexibility index (Phi) is 17.2. The predicted octanol–water partition coefficient (Wildman–Crippen LogP) is 5.85. The molecule has 0 N–H and O–H groups in total. The van der Waals surface area contributed by atoms with Crippen LogP contribution in [0.2, 0.25) is 0 Å². The number of unbranched alkanes of at least 4 members (excludes halogenated alkanes) is 13. The summed E-state index contributed by atoms with van der Waals surface area (Å²) in [5.74, 6) is -0.852. The highest BCUT2D eigenvalue weighted by molar-refractivity contribution is 5.69. The summed E-state index contributed by atoms with van der Waals surface area (Å²) in [7, 11) is 0. The fourth-order valence-electron chi connectivity index (χ4n) is 4.48. The second-order valence-electron chi connectivity index (χ2n) is 8.39. The molecule has 27 heavy (non-hydrogen) atoms. The Bertz CT molecular complexity index is 331. The Hall–Kier alpha value is -0.570. The maximum atomic E-state index is 11.7. The van der Waals surface area contributed by atoms with E-state index >= 15 is 0 Å². The molecule has 0 spiro atoms. The van der Waals surface area contributed by atoms with Gasteiger partial charge in [0.25, 0.3) is 0 Å². The van der Waals surface area contributed by atoms with Crippen molar-refractivity contribution in [2.24, 2.45) is 0 Å². The normalized spacial score (nSPS) is 13.0. The summed E-state index contributed by atoms with van der Waals surface area (Å²) in [6, 6.07) is -0.331. The summed E-state index contributed by atoms with van der Waals surface area (Å²) in [6.45, 7) is 11.2. The first kappa shape index (κ1) is 26.4. The molecule has 0 saturated heterocycles. The Morgan fingerprint density at radius 1 is 0.630 bits per heavy atom. The van der Waals surface area contributed by atoms with Crippen LogP contribution in [-0.2, 0) is 4.79 Å². The third-order valence-electron chi connectivity index (χ3n) is 6.65. The van der Waals surface area contributed by atoms with Gasteiger partial charge >= 0.3 is 0 Å². The molecule has 0 rings (SSSR count). The minimum absolute atomic E-state index is 0.331. The molecule has 0 aromatic heterocycles. The molecule has 0 aliphatic carbocycles. The highest BCUT2D eigenvalue weighted by Gasteiger charge is 2.32. The fourth-order valence-corrected chi connectivity index (χ4v) is 4.48. The fraction of sp³-hybridized carbons (Fsp3) is 0.958. The molecule has 0 heterocycles. The lowest BCUT2D eigenvalue weighted by Crippen LogP contribution is -2.61. The zero-order valence-corrected chi connectivity index (χ0v) is 19.1. The van der Waals surface area contributed by atoms with Crippen molar-refractivity contribution in [3.63, 3.8) is 0 Å². The highest BCUT2D eigenvalue weighted by atomic mass is 16.4. The second kappa shape index (κ2) is 17.5. The molecule has 0 aliphatic rings. The van der Waals surface area contributed by atoms with Crippen LogP contribution >= 0.6 is 0 Å². The van der Waals surface area contributed by atoms with Gasteiger partial charge in [-0.1, -0.05) is 90.4 Å². The maximum absolute atomic E-state index is 11.7. The molecule has 0 saturated carbocycles. The summed E-state index contributed by atoms with van der Waals surface area (Å²) in [6.07, 6.45) is 19.5. The van der Waals surface area contributed by atoms with Crippen LogP contribution in [0.3, 0.4) is 0 Å². The average molecular weight is 384 g/mol. The molecule has 162 valence electrons. The van der Waals surface area contributed by atoms with Gasteiger partial charge in [0.2, 0.25) is 0 Å². The summed E-state index contributed by atoms with van der Waals surface area (Å²) >= 11 is 0. The topological polar surface area (TPSA) is 40.1 Å². The smallest absolute Gasteiger partial charge is 0.129 e. The molecule has 0 aromatic carbocycles. The van der Waals surface area contributed by atoms with E-state index < -0.39 is 5.97 Å². The molecule has 0 aliphatic heterocycles. The van der Waals surface area contributed by atoms with Gasteiger partial charge in [0, 0.05) is 6.42 Å². The number of hydrogen-bond donors (Lipinski definition) is 0. The van der Waals surface area contributed by atoms with Gasteiger partial charge in [0.05, 0.1) is 25.6 Å². The van der Waals surface area contributed by atoms with E-state index in [-0.39, 0.29) is 6.04 Å². The van der Waals surface area contributed by atoms with Gasteiger partial charge in [-0.25, -0.2) is 0 Å². The zero-order valence-electron chi connectivity index (χ0n) is 19.1. The number of hydrogen-bond acceptors (Lipinski definition) is 2. The van der Waals surface area contributed by atoms with Crippen molar-refractivity contribution in [3.8, 4) is 0 Å². The minimum Gasteiger partial charge on any atom is -0.544 e. The Morgan fingerprint density at radius 3 is 1.26 bits per heavy atom. The molecule has 3 heteroatoms. The molecule has 1 unspecified atom stereocenters. The van der Waals surface area contributed by atoms with E-state index in [9.17, 15) is 9.90 Å². The van der Waals surface area contributed by atoms with Crippen LogP contribution < -0.4 is 5.11 Å². The van der Waals surface area contributed by atoms with E-state index in [1.807, 2.05) is 0 Å². The number of carbonyl (C=O) groups excluding carboxylic acids is 1. The van der Waals surface area contributed by atoms with Crippen molar-refractivity contribution in [2.45, 2.75) is 130 Å². The van der Waals surface area contributed by atoms with Gasteiger partial charge in [-0.3, -0.25) is 0 Å². The van der Waals surface area contributed by atoms with Crippen LogP contribution in [0.1, 0.15) is 124 Å². The lowest BCUT2D eigenvalue weighted by molar-refractivity contribution is -0.940. The van der Waals surface area contributed by atoms with E-state index in [0.29, 0.717) is 4.48 Å². The van der Waals surface area contributed by atoms with E-state index in [1.165, 1.54) is 83.5 Å². The van der Waals surface area contributed by atoms with Gasteiger partial charge in [0.15, 0.2) is 0 Å². The summed E-state index contributed by atoms with van der Waals surface area (Å²) in [4.78, 5) is 11.7. The highest BCUT2D eigenvalue weighted by Crippen LogP contribution is 2.20. The molecule has 0 bridgehead atoms. The van der Waals surface area contributed by atoms with Crippen LogP contribution in [0.5, 0.6) is 0 Å². The van der Waals surface area contributed by atoms with Gasteiger partial charge in [-0.2, -0.15) is 0 Å². The molecule has 0 aromatic rings. The number of likely N-dealkylation sites (N-methyl/N-ethyl adjacent to an activating group) is 1. The first-order valence-corrected chi connectivity index (χ1v) is 12.1. The third-order valence-corrected chi connectivity index (χ3v) is 6.65. The number of aliphatic carboxylic acids is 1. The summed E-state index contributed by atoms with van der Waals surface area (Å²) in [5.41, 5.74) is 0. The number of nitrogens with zero attached hydrogens (tertiary/aromatic N) is 1. The lowest BCUT2D eigenvalue weighted by atomic mass is 10.0. The number of carbonyl (C=O) groups is 1. The molecular formula is C24H49NO2. The van der Waals surface area contributed by atoms with Crippen molar-refractivity contribution >= 4 is 5.97 Å². The van der Waals surface area contributed by atoms with E-state index in [2.05, 4.69) is 27.7 Å². The van der Waals surface area contributed by atoms with Gasteiger partial charge in [-0.05, 0) is 27.2 Å². The molecule has 1 atom stereocenters. The van der Waals surface area contributed by atoms with Crippen LogP contribution in [0.4, 0.5) is 0 Å². The van der Waals surface area contributed by atoms with Gasteiger partial charge in [0.1, 0.15) is 6.04 Å². The second-order valence-corrected chi connectivity index (χ2v) is 8.39. The first-order chi connectivity index (χ1) is 13.1. The molecule has 0 radical (unpaired) electrons. The number of quaternary nitrogens is 1. The van der Waals surface area contributed by atoms with Gasteiger partial charge in [-0.15, -0.1) is 0 Å². The van der Waals surface area contributed by atoms with Crippen molar-refractivity contribution in [1.82, 2.24) is 0 Å². The van der Waals surface area contributed by atoms with Crippen LogP contribution in [0.15, 0.2) is 0 Å². The van der Waals surface area contributed by atoms with Gasteiger partial charge < -0.3 is 14.4 Å². The SMILES string of the molecule is CCCCCCCCCCCCCCCCC(C(=O)[O-])[N+](CC)(CC)CC. The third kappa shape index (κ3) is 11.8. The predicted molar refractivity (Wildman–Crippen MR) is 116 cm³/mol. The van der Waals surface area contributed by atoms with Crippen LogP contribution in [-0.4, -0.2) is 36.1 Å². The van der Waals surface area contributed by atoms with Crippen molar-refractivity contribution in [1.29, 1.82) is 0 Å². The van der Waals surface area contributed by atoms with E-state index in [1.54, 1.807) is 0 Å². The van der Waals surface area contributed by atoms with Crippen molar-refractivity contribution < 1.29 is 14.4 Å². The number of carboxylic acid groups (broad SMARTS) is 1. The molecule has 3 nitrogen and oxygen atoms in total. The quantitative estimate of drug-likeness (QED) is 0.195. The Labute approximate surface area is 170 Å². The molecule has 0 fully saturated rings. The van der Waals surface area contributed by atoms with Crippen LogP contribution in [0, 0.1) is 0 Å². The van der Waals surface area contributed by atoms with Crippen molar-refractivity contribution in [2.75, 3.05) is 19.6 Å². The van der Waals surface area contributed by atoms with Crippen LogP contribution in [0.25, 0.3) is 0 Å². The summed E-state index contributed by atoms with van der Waals surface area (Å²) < 4.78 is 0.667. The van der Waals surface area contributed by atoms with Crippen molar-refractivity contribution in [3.05, 3.63) is 0 Å². The first-order valence-electron chi connectivity index (χ1n) is 12.1. The maximum Gasteiger partial charge on any atom is 0.129 e. The number of rotatable bonds is 20. The average Bonchev–Trinajstić information content (AvgIpc) is 2.67. The molecule has 0 amide bonds. The lowest BCUT2D eigenvalue weighted by Gasteiger charge is -2.43. The largest absolute Gasteiger partial charge is 0.544 e. The van der Waals surface area contributed by atoms with E-state index in [4.69, 9.17) is 0 Å². The minimum atomic E-state index is -0.852. The number of carboxylic acids is 1. The Morgan fingerprint density at radius 2 is 0.963 bits per heavy atom. The molecular weight excluding hydrogens is 334 g/mol. The standard InChI is InChI=1S/C24H49NO2/c1-5-9-10-11-12-13-14-15-16-17-18-19-20-21-22-23(24(26)27)25(6-2,7-3)8-4/h23H,5-22H2,1-4H3. The monoisotopic (exact) mass is 383 g/mol.